The maximum atomic E-state index is 4.95. The van der Waals surface area contributed by atoms with E-state index in [2.05, 4.69) is 118 Å². The van der Waals surface area contributed by atoms with Gasteiger partial charge < -0.3 is 4.57 Å². The molecule has 0 saturated heterocycles. The summed E-state index contributed by atoms with van der Waals surface area (Å²) >= 11 is 0. The summed E-state index contributed by atoms with van der Waals surface area (Å²) in [5.41, 5.74) is 11.4. The van der Waals surface area contributed by atoms with E-state index in [0.717, 1.165) is 56.3 Å². The van der Waals surface area contributed by atoms with Gasteiger partial charge in [-0.15, -0.1) is 0 Å². The minimum atomic E-state index is 0.816. The largest absolute Gasteiger partial charge is 0.309 e. The molecule has 0 aliphatic rings. The number of hydrogen-bond acceptors (Lipinski definition) is 3. The van der Waals surface area contributed by atoms with Gasteiger partial charge in [0.1, 0.15) is 5.69 Å². The molecule has 0 fully saturated rings. The number of fused-ring (bicyclic) bond motifs is 4. The maximum Gasteiger partial charge on any atom is 0.164 e. The van der Waals surface area contributed by atoms with Crippen LogP contribution in [0.2, 0.25) is 0 Å². The van der Waals surface area contributed by atoms with Crippen LogP contribution >= 0.6 is 0 Å². The monoisotopic (exact) mass is 589 g/mol. The number of para-hydroxylation sites is 5. The van der Waals surface area contributed by atoms with Gasteiger partial charge in [-0.25, -0.2) is 4.98 Å². The Morgan fingerprint density at radius 2 is 0.891 bits per heavy atom. The van der Waals surface area contributed by atoms with Crippen LogP contribution < -0.4 is 0 Å². The highest BCUT2D eigenvalue weighted by atomic mass is 15.1. The minimum absolute atomic E-state index is 0.816. The lowest BCUT2D eigenvalue weighted by molar-refractivity contribution is 1.08. The van der Waals surface area contributed by atoms with Gasteiger partial charge >= 0.3 is 0 Å². The number of aromatic nitrogens is 5. The first-order chi connectivity index (χ1) is 22.8. The predicted molar refractivity (Wildman–Crippen MR) is 187 cm³/mol. The van der Waals surface area contributed by atoms with Gasteiger partial charge in [0.2, 0.25) is 0 Å². The lowest BCUT2D eigenvalue weighted by Crippen LogP contribution is -1.98. The maximum absolute atomic E-state index is 4.95. The molecule has 0 amide bonds. The first-order valence-electron chi connectivity index (χ1n) is 15.4. The molecule has 0 aliphatic heterocycles. The van der Waals surface area contributed by atoms with Gasteiger partial charge in [0.25, 0.3) is 0 Å². The average molecular weight is 590 g/mol. The Balaban J connectivity index is 1.01. The van der Waals surface area contributed by atoms with Crippen molar-refractivity contribution in [2.24, 2.45) is 0 Å². The highest BCUT2D eigenvalue weighted by molar-refractivity contribution is 6.09. The molecule has 0 aliphatic carbocycles. The van der Waals surface area contributed by atoms with Gasteiger partial charge in [-0.1, -0.05) is 91.0 Å². The van der Waals surface area contributed by atoms with Gasteiger partial charge in [-0.3, -0.25) is 14.5 Å². The molecule has 0 saturated carbocycles. The molecule has 216 valence electrons. The molecule has 5 heteroatoms. The summed E-state index contributed by atoms with van der Waals surface area (Å²) in [6.07, 6.45) is 3.83. The Morgan fingerprint density at radius 1 is 0.370 bits per heavy atom. The number of nitrogens with zero attached hydrogens (tertiary/aromatic N) is 5. The summed E-state index contributed by atoms with van der Waals surface area (Å²) < 4.78 is 4.50. The van der Waals surface area contributed by atoms with Crippen LogP contribution in [0.4, 0.5) is 0 Å². The lowest BCUT2D eigenvalue weighted by atomic mass is 10.1. The third-order valence-corrected chi connectivity index (χ3v) is 8.67. The first kappa shape index (κ1) is 26.1. The SMILES string of the molecule is c1ccc(-n2c(-c3ccc(-c4ccc(-c5ccc(-n6c7ccccc7c7ccccc76)cc5)nc4)cn3)nc3ccccc32)cc1. The molecule has 0 unspecified atom stereocenters. The fourth-order valence-corrected chi connectivity index (χ4v) is 6.45. The van der Waals surface area contributed by atoms with Crippen molar-refractivity contribution in [1.29, 1.82) is 0 Å². The topological polar surface area (TPSA) is 48.5 Å². The second-order valence-corrected chi connectivity index (χ2v) is 11.4. The Kier molecular flexibility index (Phi) is 6.06. The molecule has 4 heterocycles. The first-order valence-corrected chi connectivity index (χ1v) is 15.4. The van der Waals surface area contributed by atoms with Crippen molar-refractivity contribution < 1.29 is 0 Å². The number of pyridine rings is 2. The molecule has 0 bridgehead atoms. The zero-order valence-electron chi connectivity index (χ0n) is 24.8. The molecule has 0 spiro atoms. The van der Waals surface area contributed by atoms with Crippen LogP contribution in [0.3, 0.4) is 0 Å². The quantitative estimate of drug-likeness (QED) is 0.201. The van der Waals surface area contributed by atoms with E-state index in [4.69, 9.17) is 15.0 Å². The van der Waals surface area contributed by atoms with Gasteiger partial charge in [-0.2, -0.15) is 0 Å². The molecular weight excluding hydrogens is 562 g/mol. The lowest BCUT2D eigenvalue weighted by Gasteiger charge is -2.10. The zero-order valence-corrected chi connectivity index (χ0v) is 24.8. The van der Waals surface area contributed by atoms with E-state index < -0.39 is 0 Å². The van der Waals surface area contributed by atoms with E-state index in [9.17, 15) is 0 Å². The second-order valence-electron chi connectivity index (χ2n) is 11.4. The average Bonchev–Trinajstić information content (AvgIpc) is 3.69. The molecule has 0 radical (unpaired) electrons. The molecule has 5 nitrogen and oxygen atoms in total. The number of benzene rings is 5. The molecule has 9 aromatic rings. The van der Waals surface area contributed by atoms with Crippen LogP contribution in [0.5, 0.6) is 0 Å². The summed E-state index contributed by atoms with van der Waals surface area (Å²) in [6, 6.07) is 52.6. The standard InChI is InChI=1S/C41H27N5/c1-2-10-31(11-3-1)46-40-17-9-6-14-36(40)44-41(46)37-25-21-30(27-43-37)29-20-24-35(42-26-29)28-18-22-32(23-19-28)45-38-15-7-4-12-33(38)34-13-5-8-16-39(34)45/h1-27H. The molecular formula is C41H27N5. The van der Waals surface area contributed by atoms with Gasteiger partial charge in [0, 0.05) is 51.2 Å². The van der Waals surface area contributed by atoms with E-state index in [1.54, 1.807) is 0 Å². The van der Waals surface area contributed by atoms with Crippen molar-refractivity contribution in [3.05, 3.63) is 164 Å². The number of hydrogen-bond donors (Lipinski definition) is 0. The molecule has 0 atom stereocenters. The molecule has 9 rings (SSSR count). The third kappa shape index (κ3) is 4.29. The van der Waals surface area contributed by atoms with E-state index >= 15 is 0 Å². The molecule has 46 heavy (non-hydrogen) atoms. The highest BCUT2D eigenvalue weighted by Crippen LogP contribution is 2.33. The Morgan fingerprint density at radius 3 is 1.52 bits per heavy atom. The summed E-state index contributed by atoms with van der Waals surface area (Å²) in [5.74, 6) is 0.816. The Labute approximate surface area is 265 Å². The van der Waals surface area contributed by atoms with E-state index in [0.29, 0.717) is 0 Å². The van der Waals surface area contributed by atoms with Crippen molar-refractivity contribution in [2.75, 3.05) is 0 Å². The summed E-state index contributed by atoms with van der Waals surface area (Å²) in [6.45, 7) is 0. The van der Waals surface area contributed by atoms with Gasteiger partial charge in [0.05, 0.1) is 27.8 Å². The zero-order chi connectivity index (χ0) is 30.5. The Hall–Kier alpha value is -6.33. The number of imidazole rings is 1. The Bertz CT molecular complexity index is 2440. The van der Waals surface area contributed by atoms with Crippen molar-refractivity contribution in [3.63, 3.8) is 0 Å². The summed E-state index contributed by atoms with van der Waals surface area (Å²) in [4.78, 5) is 14.6. The van der Waals surface area contributed by atoms with Crippen LogP contribution in [-0.4, -0.2) is 24.1 Å². The molecule has 0 N–H and O–H groups in total. The van der Waals surface area contributed by atoms with E-state index in [1.165, 1.54) is 21.8 Å². The van der Waals surface area contributed by atoms with Crippen molar-refractivity contribution >= 4 is 32.8 Å². The summed E-state index contributed by atoms with van der Waals surface area (Å²) in [7, 11) is 0. The second kappa shape index (κ2) is 10.7. The van der Waals surface area contributed by atoms with Crippen molar-refractivity contribution in [3.8, 4) is 45.3 Å². The van der Waals surface area contributed by atoms with Crippen LogP contribution in [0.1, 0.15) is 0 Å². The predicted octanol–water partition coefficient (Wildman–Crippen LogP) is 9.91. The highest BCUT2D eigenvalue weighted by Gasteiger charge is 2.16. The van der Waals surface area contributed by atoms with Gasteiger partial charge in [-0.05, 0) is 60.7 Å². The molecule has 5 aromatic carbocycles. The van der Waals surface area contributed by atoms with Crippen LogP contribution in [0.15, 0.2) is 164 Å². The van der Waals surface area contributed by atoms with Crippen molar-refractivity contribution in [2.45, 2.75) is 0 Å². The van der Waals surface area contributed by atoms with Crippen LogP contribution in [0, 0.1) is 0 Å². The van der Waals surface area contributed by atoms with Crippen LogP contribution in [0.25, 0.3) is 78.1 Å². The van der Waals surface area contributed by atoms with Gasteiger partial charge in [0.15, 0.2) is 5.82 Å². The van der Waals surface area contributed by atoms with E-state index in [1.807, 2.05) is 54.9 Å². The van der Waals surface area contributed by atoms with E-state index in [-0.39, 0.29) is 0 Å². The fourth-order valence-electron chi connectivity index (χ4n) is 6.45. The fraction of sp³-hybridized carbons (Fsp3) is 0. The molecule has 4 aromatic heterocycles. The smallest absolute Gasteiger partial charge is 0.164 e. The summed E-state index contributed by atoms with van der Waals surface area (Å²) in [5, 5.41) is 2.52. The van der Waals surface area contributed by atoms with Crippen LogP contribution in [-0.2, 0) is 0 Å². The van der Waals surface area contributed by atoms with Crippen molar-refractivity contribution in [1.82, 2.24) is 24.1 Å². The number of rotatable bonds is 5. The third-order valence-electron chi connectivity index (χ3n) is 8.67. The normalized spacial score (nSPS) is 11.5. The minimum Gasteiger partial charge on any atom is -0.309 e.